The van der Waals surface area contributed by atoms with Crippen molar-refractivity contribution < 1.29 is 4.74 Å². The van der Waals surface area contributed by atoms with Gasteiger partial charge in [0.05, 0.1) is 12.0 Å². The lowest BCUT2D eigenvalue weighted by atomic mass is 10.4. The molecular weight excluding hydrogens is 144 g/mol. The van der Waals surface area contributed by atoms with E-state index in [4.69, 9.17) is 4.74 Å². The Kier molecular flexibility index (Phi) is 2.12. The van der Waals surface area contributed by atoms with E-state index < -0.39 is 0 Å². The van der Waals surface area contributed by atoms with E-state index in [1.165, 1.54) is 4.88 Å². The first-order valence-electron chi connectivity index (χ1n) is 3.04. The van der Waals surface area contributed by atoms with Crippen LogP contribution < -0.4 is 4.74 Å². The molecule has 0 atom stereocenters. The maximum atomic E-state index is 5.10. The van der Waals surface area contributed by atoms with Gasteiger partial charge in [0.1, 0.15) is 5.75 Å². The number of thiophene rings is 1. The summed E-state index contributed by atoms with van der Waals surface area (Å²) >= 11 is 1.70. The molecule has 0 saturated heterocycles. The number of rotatable bonds is 2. The van der Waals surface area contributed by atoms with Crippen LogP contribution in [0, 0.1) is 6.92 Å². The van der Waals surface area contributed by atoms with Crippen molar-refractivity contribution in [3.05, 3.63) is 22.4 Å². The Hall–Kier alpha value is -0.760. The minimum Gasteiger partial charge on any atom is -0.495 e. The molecule has 1 heterocycles. The first kappa shape index (κ1) is 7.35. The summed E-state index contributed by atoms with van der Waals surface area (Å²) in [5.74, 6) is 0.928. The molecule has 0 aliphatic carbocycles. The van der Waals surface area contributed by atoms with Crippen molar-refractivity contribution in [1.82, 2.24) is 0 Å². The number of aryl methyl sites for hydroxylation is 1. The zero-order valence-electron chi connectivity index (χ0n) is 6.18. The summed E-state index contributed by atoms with van der Waals surface area (Å²) in [6.45, 7) is 5.74. The summed E-state index contributed by atoms with van der Waals surface area (Å²) in [6.07, 6.45) is 1.82. The van der Waals surface area contributed by atoms with Gasteiger partial charge in [-0.2, -0.15) is 0 Å². The van der Waals surface area contributed by atoms with Gasteiger partial charge in [0.2, 0.25) is 0 Å². The van der Waals surface area contributed by atoms with Gasteiger partial charge >= 0.3 is 0 Å². The average molecular weight is 154 g/mol. The second-order valence-corrected chi connectivity index (χ2v) is 3.28. The normalized spacial score (nSPS) is 9.40. The van der Waals surface area contributed by atoms with Gasteiger partial charge in [-0.3, -0.25) is 0 Å². The van der Waals surface area contributed by atoms with Crippen LogP contribution in [0.1, 0.15) is 9.75 Å². The third-order valence-corrected chi connectivity index (χ3v) is 2.28. The zero-order valence-corrected chi connectivity index (χ0v) is 6.99. The van der Waals surface area contributed by atoms with E-state index in [1.54, 1.807) is 18.4 Å². The maximum Gasteiger partial charge on any atom is 0.137 e. The number of hydrogen-bond acceptors (Lipinski definition) is 2. The van der Waals surface area contributed by atoms with E-state index in [9.17, 15) is 0 Å². The summed E-state index contributed by atoms with van der Waals surface area (Å²) in [7, 11) is 1.68. The van der Waals surface area contributed by atoms with Gasteiger partial charge in [-0.15, -0.1) is 11.3 Å². The Bertz CT molecular complexity index is 237. The predicted molar refractivity (Wildman–Crippen MR) is 45.7 cm³/mol. The lowest BCUT2D eigenvalue weighted by Crippen LogP contribution is -1.79. The SMILES string of the molecule is C=Cc1sc(C)cc1OC. The minimum absolute atomic E-state index is 0.928. The molecule has 0 aliphatic heterocycles. The molecule has 2 heteroatoms. The molecule has 54 valence electrons. The number of hydrogen-bond donors (Lipinski definition) is 0. The van der Waals surface area contributed by atoms with Gasteiger partial charge in [-0.25, -0.2) is 0 Å². The summed E-state index contributed by atoms with van der Waals surface area (Å²) < 4.78 is 5.10. The molecule has 0 aromatic carbocycles. The van der Waals surface area contributed by atoms with E-state index in [1.807, 2.05) is 12.1 Å². The second kappa shape index (κ2) is 2.88. The van der Waals surface area contributed by atoms with Crippen molar-refractivity contribution in [2.75, 3.05) is 7.11 Å². The van der Waals surface area contributed by atoms with Crippen molar-refractivity contribution in [1.29, 1.82) is 0 Å². The van der Waals surface area contributed by atoms with Crippen molar-refractivity contribution >= 4 is 17.4 Å². The zero-order chi connectivity index (χ0) is 7.56. The first-order chi connectivity index (χ1) is 4.77. The topological polar surface area (TPSA) is 9.23 Å². The van der Waals surface area contributed by atoms with Crippen molar-refractivity contribution in [3.8, 4) is 5.75 Å². The van der Waals surface area contributed by atoms with Gasteiger partial charge < -0.3 is 4.74 Å². The monoisotopic (exact) mass is 154 g/mol. The van der Waals surface area contributed by atoms with E-state index in [2.05, 4.69) is 13.5 Å². The molecule has 1 aromatic rings. The third kappa shape index (κ3) is 1.21. The standard InChI is InChI=1S/C8H10OS/c1-4-8-7(9-3)5-6(2)10-8/h4-5H,1H2,2-3H3. The lowest BCUT2D eigenvalue weighted by molar-refractivity contribution is 0.416. The second-order valence-electron chi connectivity index (χ2n) is 1.99. The Morgan fingerprint density at radius 3 is 2.80 bits per heavy atom. The van der Waals surface area contributed by atoms with E-state index in [0.717, 1.165) is 10.6 Å². The summed E-state index contributed by atoms with van der Waals surface area (Å²) in [4.78, 5) is 2.37. The van der Waals surface area contributed by atoms with Gasteiger partial charge in [-0.1, -0.05) is 6.58 Å². The first-order valence-corrected chi connectivity index (χ1v) is 3.86. The molecule has 0 bridgehead atoms. The molecule has 10 heavy (non-hydrogen) atoms. The van der Waals surface area contributed by atoms with Crippen molar-refractivity contribution in [2.24, 2.45) is 0 Å². The van der Waals surface area contributed by atoms with Crippen LogP contribution in [0.4, 0.5) is 0 Å². The minimum atomic E-state index is 0.928. The Morgan fingerprint density at radius 1 is 1.70 bits per heavy atom. The third-order valence-electron chi connectivity index (χ3n) is 1.25. The van der Waals surface area contributed by atoms with Crippen molar-refractivity contribution in [2.45, 2.75) is 6.92 Å². The molecule has 0 spiro atoms. The number of methoxy groups -OCH3 is 1. The van der Waals surface area contributed by atoms with Gasteiger partial charge in [0.15, 0.2) is 0 Å². The molecule has 1 rings (SSSR count). The fourth-order valence-electron chi connectivity index (χ4n) is 0.811. The number of ether oxygens (including phenoxy) is 1. The molecule has 0 saturated carbocycles. The van der Waals surface area contributed by atoms with Crippen LogP contribution in [-0.4, -0.2) is 7.11 Å². The fourth-order valence-corrected chi connectivity index (χ4v) is 1.65. The van der Waals surface area contributed by atoms with E-state index in [-0.39, 0.29) is 0 Å². The van der Waals surface area contributed by atoms with Gasteiger partial charge in [-0.05, 0) is 19.1 Å². The highest BCUT2D eigenvalue weighted by molar-refractivity contribution is 7.13. The van der Waals surface area contributed by atoms with E-state index >= 15 is 0 Å². The average Bonchev–Trinajstić information content (AvgIpc) is 2.30. The summed E-state index contributed by atoms with van der Waals surface area (Å²) in [6, 6.07) is 2.02. The van der Waals surface area contributed by atoms with Crippen LogP contribution in [-0.2, 0) is 0 Å². The molecule has 1 aromatic heterocycles. The van der Waals surface area contributed by atoms with E-state index in [0.29, 0.717) is 0 Å². The van der Waals surface area contributed by atoms with Crippen LogP contribution in [0.5, 0.6) is 5.75 Å². The molecule has 0 radical (unpaired) electrons. The quantitative estimate of drug-likeness (QED) is 0.636. The van der Waals surface area contributed by atoms with Crippen LogP contribution >= 0.6 is 11.3 Å². The predicted octanol–water partition coefficient (Wildman–Crippen LogP) is 2.71. The van der Waals surface area contributed by atoms with Gasteiger partial charge in [0.25, 0.3) is 0 Å². The van der Waals surface area contributed by atoms with Gasteiger partial charge in [0, 0.05) is 4.88 Å². The molecular formula is C8H10OS. The highest BCUT2D eigenvalue weighted by Crippen LogP contribution is 2.28. The van der Waals surface area contributed by atoms with Crippen LogP contribution in [0.25, 0.3) is 6.08 Å². The maximum absolute atomic E-state index is 5.10. The summed E-state index contributed by atoms with van der Waals surface area (Å²) in [5, 5.41) is 0. The molecule has 0 aliphatic rings. The Balaban J connectivity index is 3.08. The molecule has 0 unspecified atom stereocenters. The highest BCUT2D eigenvalue weighted by atomic mass is 32.1. The molecule has 0 fully saturated rings. The lowest BCUT2D eigenvalue weighted by Gasteiger charge is -1.93. The van der Waals surface area contributed by atoms with Crippen LogP contribution in [0.2, 0.25) is 0 Å². The largest absolute Gasteiger partial charge is 0.495 e. The molecule has 0 N–H and O–H groups in total. The van der Waals surface area contributed by atoms with Crippen molar-refractivity contribution in [3.63, 3.8) is 0 Å². The summed E-state index contributed by atoms with van der Waals surface area (Å²) in [5.41, 5.74) is 0. The Labute approximate surface area is 65.0 Å². The molecule has 0 amide bonds. The fraction of sp³-hybridized carbons (Fsp3) is 0.250. The van der Waals surface area contributed by atoms with Crippen LogP contribution in [0.3, 0.4) is 0 Å². The Morgan fingerprint density at radius 2 is 2.40 bits per heavy atom. The highest BCUT2D eigenvalue weighted by Gasteiger charge is 2.01. The smallest absolute Gasteiger partial charge is 0.137 e. The molecule has 1 nitrogen and oxygen atoms in total. The van der Waals surface area contributed by atoms with Crippen LogP contribution in [0.15, 0.2) is 12.6 Å².